The summed E-state index contributed by atoms with van der Waals surface area (Å²) in [5, 5.41) is 18.3. The Hall–Kier alpha value is -1.07. The second-order valence-electron chi connectivity index (χ2n) is 4.19. The zero-order chi connectivity index (χ0) is 18.7. The van der Waals surface area contributed by atoms with Gasteiger partial charge in [-0.3, -0.25) is 0 Å². The van der Waals surface area contributed by atoms with Gasteiger partial charge in [0.15, 0.2) is 4.34 Å². The van der Waals surface area contributed by atoms with E-state index in [1.165, 1.54) is 25.1 Å². The number of nitrogens with one attached hydrogen (secondary N) is 1. The molecule has 0 aliphatic carbocycles. The van der Waals surface area contributed by atoms with Crippen LogP contribution in [0.15, 0.2) is 46.8 Å². The number of amides is 1. The van der Waals surface area contributed by atoms with E-state index in [4.69, 9.17) is 5.26 Å². The van der Waals surface area contributed by atoms with Gasteiger partial charge in [-0.25, -0.2) is 0 Å². The molecule has 0 radical (unpaired) electrons. The van der Waals surface area contributed by atoms with E-state index in [1.54, 1.807) is 44.5 Å². The van der Waals surface area contributed by atoms with E-state index in [0.29, 0.717) is 5.69 Å². The topological polar surface area (TPSA) is 122 Å². The van der Waals surface area contributed by atoms with Gasteiger partial charge in [-0.2, -0.15) is 0 Å². The Balaban J connectivity index is 0.000000271. The molecule has 2 aromatic rings. The van der Waals surface area contributed by atoms with E-state index in [2.05, 4.69) is 26.0 Å². The molecule has 1 unspecified atom stereocenters. The van der Waals surface area contributed by atoms with Gasteiger partial charge in [0.1, 0.15) is 5.51 Å². The minimum atomic E-state index is -4.83. The summed E-state index contributed by atoms with van der Waals surface area (Å²) in [7, 11) is 3.36. The third kappa shape index (κ3) is 8.72. The van der Waals surface area contributed by atoms with Crippen molar-refractivity contribution in [2.75, 3.05) is 11.1 Å². The zero-order valence-electron chi connectivity index (χ0n) is 13.1. The van der Waals surface area contributed by atoms with Gasteiger partial charge in [-0.15, -0.1) is 16.8 Å². The first-order valence-electron chi connectivity index (χ1n) is 6.59. The summed E-state index contributed by atoms with van der Waals surface area (Å²) in [5.74, 6) is 0.654. The molecular formula is C13H16AsN3O5S3. The maximum atomic E-state index is 11.3. The van der Waals surface area contributed by atoms with Crippen molar-refractivity contribution in [3.05, 3.63) is 42.4 Å². The van der Waals surface area contributed by atoms with E-state index in [0.717, 1.165) is 10.1 Å². The van der Waals surface area contributed by atoms with Gasteiger partial charge < -0.3 is 0 Å². The average molecular weight is 465 g/mol. The molecule has 0 aliphatic rings. The van der Waals surface area contributed by atoms with E-state index >= 15 is 0 Å². The summed E-state index contributed by atoms with van der Waals surface area (Å²) in [6.45, 7) is 4.93. The van der Waals surface area contributed by atoms with E-state index in [9.17, 15) is 12.6 Å². The Bertz CT molecular complexity index is 729. The summed E-state index contributed by atoms with van der Waals surface area (Å²) in [6.07, 6.45) is 1.87. The molecule has 0 fully saturated rings. The minimum absolute atomic E-state index is 0.0399. The van der Waals surface area contributed by atoms with Crippen LogP contribution < -0.4 is 9.67 Å². The van der Waals surface area contributed by atoms with Crippen molar-refractivity contribution in [3.63, 3.8) is 0 Å². The molecule has 1 amide bonds. The van der Waals surface area contributed by atoms with Gasteiger partial charge in [-0.1, -0.05) is 28.2 Å². The number of rotatable bonds is 7. The third-order valence-electron chi connectivity index (χ3n) is 2.26. The first-order chi connectivity index (χ1) is 11.9. The fourth-order valence-electron chi connectivity index (χ4n) is 1.34. The molecule has 3 N–H and O–H groups in total. The second-order valence-corrected chi connectivity index (χ2v) is 11.2. The van der Waals surface area contributed by atoms with Crippen molar-refractivity contribution in [1.29, 1.82) is 0 Å². The van der Waals surface area contributed by atoms with E-state index < -0.39 is 14.2 Å². The first-order valence-corrected chi connectivity index (χ1v) is 13.1. The molecule has 0 spiro atoms. The molecule has 0 saturated carbocycles. The number of nitrogens with zero attached hydrogens (tertiary/aromatic N) is 2. The monoisotopic (exact) mass is 465 g/mol. The molecule has 0 bridgehead atoms. The summed E-state index contributed by atoms with van der Waals surface area (Å²) in [4.78, 5) is 10.7. The summed E-state index contributed by atoms with van der Waals surface area (Å²) in [6, 6.07) is 5.64. The number of benzene rings is 1. The predicted octanol–water partition coefficient (Wildman–Crippen LogP) is 2.17. The number of carbonyl (C=O) groups excluding carboxylic acids is 1. The number of carbonyl (C=O) groups is 1. The quantitative estimate of drug-likeness (QED) is 0.141. The predicted molar refractivity (Wildman–Crippen MR) is 101 cm³/mol. The Morgan fingerprint density at radius 3 is 2.88 bits per heavy atom. The van der Waals surface area contributed by atoms with Crippen molar-refractivity contribution in [1.82, 2.24) is 10.2 Å². The Labute approximate surface area is 159 Å². The Kier molecular flexibility index (Phi) is 10.1. The van der Waals surface area contributed by atoms with Crippen LogP contribution in [0.3, 0.4) is 0 Å². The summed E-state index contributed by atoms with van der Waals surface area (Å²) < 4.78 is 24.9. The van der Waals surface area contributed by atoms with Crippen LogP contribution in [0.1, 0.15) is 6.92 Å². The van der Waals surface area contributed by atoms with Crippen LogP contribution >= 0.6 is 32.9 Å². The van der Waals surface area contributed by atoms with E-state index in [-0.39, 0.29) is 10.3 Å². The first kappa shape index (κ1) is 22.0. The van der Waals surface area contributed by atoms with Crippen LogP contribution in [0.4, 0.5) is 5.69 Å². The standard InChI is InChI=1S/C8H10AsNO5.C5H6N2S3/c1-6(11)10-8-4-2-3-7(5-8)9(12,13)15-14;1-2-3-9-10-5-7-6-4-8-5/h2-5,14H,1H3,(H,10,11)(H,12,13);2,4H,1,3H2. The fraction of sp³-hybridized carbons (Fsp3) is 0.154. The molecular weight excluding hydrogens is 449 g/mol. The Morgan fingerprint density at radius 2 is 2.32 bits per heavy atom. The Morgan fingerprint density at radius 1 is 1.56 bits per heavy atom. The fourth-order valence-corrected chi connectivity index (χ4v) is 5.34. The van der Waals surface area contributed by atoms with Gasteiger partial charge in [0.25, 0.3) is 0 Å². The zero-order valence-corrected chi connectivity index (χ0v) is 17.4. The average Bonchev–Trinajstić information content (AvgIpc) is 3.09. The van der Waals surface area contributed by atoms with Gasteiger partial charge in [0.2, 0.25) is 0 Å². The maximum absolute atomic E-state index is 11.3. The van der Waals surface area contributed by atoms with Crippen LogP contribution in [-0.2, 0) is 12.4 Å². The molecule has 2 rings (SSSR count). The van der Waals surface area contributed by atoms with Crippen LogP contribution in [0.2, 0.25) is 0 Å². The van der Waals surface area contributed by atoms with Gasteiger partial charge in [-0.05, 0) is 10.8 Å². The molecule has 0 aliphatic heterocycles. The second kappa shape index (κ2) is 11.5. The molecule has 1 atom stereocenters. The molecule has 1 aromatic carbocycles. The SMILES string of the molecule is C=CCSSc1nncs1.CC(=O)Nc1cccc([As](=O)(O)OO)c1. The number of hydrogen-bond acceptors (Lipinski definition) is 9. The van der Waals surface area contributed by atoms with Crippen molar-refractivity contribution in [3.8, 4) is 0 Å². The molecule has 0 saturated heterocycles. The molecule has 136 valence electrons. The van der Waals surface area contributed by atoms with Crippen LogP contribution in [0, 0.1) is 0 Å². The van der Waals surface area contributed by atoms with Crippen molar-refractivity contribution >= 4 is 63.0 Å². The summed E-state index contributed by atoms with van der Waals surface area (Å²) in [5.41, 5.74) is 2.10. The molecule has 25 heavy (non-hydrogen) atoms. The van der Waals surface area contributed by atoms with Crippen LogP contribution in [0.25, 0.3) is 0 Å². The van der Waals surface area contributed by atoms with Crippen LogP contribution in [0.5, 0.6) is 0 Å². The van der Waals surface area contributed by atoms with E-state index in [1.807, 2.05) is 6.08 Å². The van der Waals surface area contributed by atoms with Gasteiger partial charge >= 0.3 is 88.4 Å². The molecule has 1 heterocycles. The van der Waals surface area contributed by atoms with Gasteiger partial charge in [0.05, 0.1) is 0 Å². The van der Waals surface area contributed by atoms with Crippen molar-refractivity contribution in [2.24, 2.45) is 0 Å². The number of hydrogen-bond donors (Lipinski definition) is 3. The molecule has 8 nitrogen and oxygen atoms in total. The molecule has 12 heteroatoms. The molecule has 1 aromatic heterocycles. The van der Waals surface area contributed by atoms with Crippen molar-refractivity contribution < 1.29 is 21.8 Å². The van der Waals surface area contributed by atoms with Gasteiger partial charge in [0, 0.05) is 5.75 Å². The van der Waals surface area contributed by atoms with Crippen molar-refractivity contribution in [2.45, 2.75) is 11.3 Å². The third-order valence-corrected chi connectivity index (χ3v) is 7.96. The number of aromatic nitrogens is 2. The summed E-state index contributed by atoms with van der Waals surface area (Å²) >= 11 is -3.27. The number of anilines is 1. The van der Waals surface area contributed by atoms with Crippen LogP contribution in [-0.4, -0.2) is 45.4 Å². The normalized spacial score (nSPS) is 12.4.